The summed E-state index contributed by atoms with van der Waals surface area (Å²) in [7, 11) is 1.98. The molecule has 1 aromatic rings. The number of rotatable bonds is 4. The summed E-state index contributed by atoms with van der Waals surface area (Å²) in [5, 5.41) is 5.51. The van der Waals surface area contributed by atoms with Crippen LogP contribution in [0, 0.1) is 18.8 Å². The molecule has 1 heterocycles. The lowest BCUT2D eigenvalue weighted by Gasteiger charge is -2.33. The Morgan fingerprint density at radius 1 is 1.37 bits per heavy atom. The topological polar surface area (TPSA) is 17.8 Å². The molecule has 0 amide bonds. The summed E-state index contributed by atoms with van der Waals surface area (Å²) in [4.78, 5) is 0. The van der Waals surface area contributed by atoms with Crippen molar-refractivity contribution in [3.63, 3.8) is 0 Å². The normalized spacial score (nSPS) is 27.7. The lowest BCUT2D eigenvalue weighted by Crippen LogP contribution is -2.27. The smallest absolute Gasteiger partial charge is 0.0847 e. The molecule has 4 heteroatoms. The van der Waals surface area contributed by atoms with Gasteiger partial charge in [0.25, 0.3) is 0 Å². The molecule has 3 unspecified atom stereocenters. The van der Waals surface area contributed by atoms with E-state index in [1.807, 2.05) is 18.7 Å². The van der Waals surface area contributed by atoms with Gasteiger partial charge in [-0.3, -0.25) is 4.68 Å². The van der Waals surface area contributed by atoms with E-state index < -0.39 is 0 Å². The SMILES string of the molecule is CCCC1CCC(Cl)C(Cc2c(Cl)c(C)nn2C)C1. The molecule has 0 saturated heterocycles. The molecule has 108 valence electrons. The van der Waals surface area contributed by atoms with Gasteiger partial charge in [0, 0.05) is 12.4 Å². The van der Waals surface area contributed by atoms with E-state index in [9.17, 15) is 0 Å². The molecule has 0 aromatic carbocycles. The number of aryl methyl sites for hydroxylation is 2. The van der Waals surface area contributed by atoms with Crippen molar-refractivity contribution in [2.45, 2.75) is 57.7 Å². The highest BCUT2D eigenvalue weighted by Crippen LogP contribution is 2.38. The predicted molar refractivity (Wildman–Crippen MR) is 82.0 cm³/mol. The van der Waals surface area contributed by atoms with Crippen LogP contribution in [-0.4, -0.2) is 15.2 Å². The van der Waals surface area contributed by atoms with Crippen LogP contribution in [0.3, 0.4) is 0 Å². The van der Waals surface area contributed by atoms with Gasteiger partial charge >= 0.3 is 0 Å². The largest absolute Gasteiger partial charge is 0.271 e. The summed E-state index contributed by atoms with van der Waals surface area (Å²) in [5.74, 6) is 1.39. The summed E-state index contributed by atoms with van der Waals surface area (Å²) in [6.45, 7) is 4.23. The Labute approximate surface area is 126 Å². The molecule has 19 heavy (non-hydrogen) atoms. The Hall–Kier alpha value is -0.210. The van der Waals surface area contributed by atoms with Gasteiger partial charge in [0.15, 0.2) is 0 Å². The maximum atomic E-state index is 6.54. The van der Waals surface area contributed by atoms with Crippen molar-refractivity contribution in [1.29, 1.82) is 0 Å². The first kappa shape index (κ1) is 15.2. The van der Waals surface area contributed by atoms with Gasteiger partial charge in [-0.1, -0.05) is 31.4 Å². The molecule has 1 fully saturated rings. The fraction of sp³-hybridized carbons (Fsp3) is 0.800. The van der Waals surface area contributed by atoms with Crippen LogP contribution in [0.5, 0.6) is 0 Å². The first-order valence-electron chi connectivity index (χ1n) is 7.35. The lowest BCUT2D eigenvalue weighted by molar-refractivity contribution is 0.254. The zero-order valence-electron chi connectivity index (χ0n) is 12.1. The number of hydrogen-bond donors (Lipinski definition) is 0. The van der Waals surface area contributed by atoms with E-state index in [0.717, 1.165) is 35.2 Å². The summed E-state index contributed by atoms with van der Waals surface area (Å²) in [6, 6.07) is 0. The molecule has 0 bridgehead atoms. The number of nitrogens with zero attached hydrogens (tertiary/aromatic N) is 2. The Balaban J connectivity index is 2.07. The van der Waals surface area contributed by atoms with Crippen molar-refractivity contribution in [3.05, 3.63) is 16.4 Å². The summed E-state index contributed by atoms with van der Waals surface area (Å²) < 4.78 is 1.92. The minimum Gasteiger partial charge on any atom is -0.271 e. The van der Waals surface area contributed by atoms with Crippen molar-refractivity contribution in [3.8, 4) is 0 Å². The van der Waals surface area contributed by atoms with Crippen molar-refractivity contribution in [2.75, 3.05) is 0 Å². The van der Waals surface area contributed by atoms with Crippen LogP contribution in [0.15, 0.2) is 0 Å². The molecule has 0 aliphatic heterocycles. The molecule has 0 radical (unpaired) electrons. The summed E-state index contributed by atoms with van der Waals surface area (Å²) >= 11 is 12.9. The van der Waals surface area contributed by atoms with E-state index in [1.165, 1.54) is 25.7 Å². The van der Waals surface area contributed by atoms with Crippen LogP contribution in [0.2, 0.25) is 5.02 Å². The van der Waals surface area contributed by atoms with Crippen LogP contribution in [0.25, 0.3) is 0 Å². The van der Waals surface area contributed by atoms with Gasteiger partial charge in [-0.15, -0.1) is 11.6 Å². The molecular weight excluding hydrogens is 279 g/mol. The summed E-state index contributed by atoms with van der Waals surface area (Å²) in [5.41, 5.74) is 2.07. The maximum Gasteiger partial charge on any atom is 0.0847 e. The second-order valence-corrected chi connectivity index (χ2v) is 6.86. The zero-order chi connectivity index (χ0) is 14.0. The molecule has 1 aromatic heterocycles. The molecule has 2 nitrogen and oxygen atoms in total. The Kier molecular flexibility index (Phi) is 5.19. The molecule has 3 atom stereocenters. The van der Waals surface area contributed by atoms with Gasteiger partial charge < -0.3 is 0 Å². The standard InChI is InChI=1S/C15H24Cl2N2/c1-4-5-11-6-7-13(16)12(8-11)9-14-15(17)10(2)18-19(14)3/h11-13H,4-9H2,1-3H3. The van der Waals surface area contributed by atoms with Crippen LogP contribution >= 0.6 is 23.2 Å². The van der Waals surface area contributed by atoms with Crippen molar-refractivity contribution < 1.29 is 0 Å². The van der Waals surface area contributed by atoms with Gasteiger partial charge in [0.2, 0.25) is 0 Å². The second-order valence-electron chi connectivity index (χ2n) is 5.92. The first-order valence-corrected chi connectivity index (χ1v) is 8.16. The monoisotopic (exact) mass is 302 g/mol. The van der Waals surface area contributed by atoms with Crippen LogP contribution in [0.4, 0.5) is 0 Å². The Morgan fingerprint density at radius 3 is 2.68 bits per heavy atom. The highest BCUT2D eigenvalue weighted by Gasteiger charge is 2.30. The van der Waals surface area contributed by atoms with Crippen LogP contribution in [-0.2, 0) is 13.5 Å². The quantitative estimate of drug-likeness (QED) is 0.734. The van der Waals surface area contributed by atoms with E-state index in [2.05, 4.69) is 12.0 Å². The highest BCUT2D eigenvalue weighted by atomic mass is 35.5. The van der Waals surface area contributed by atoms with Crippen molar-refractivity contribution in [1.82, 2.24) is 9.78 Å². The maximum absolute atomic E-state index is 6.54. The van der Waals surface area contributed by atoms with Gasteiger partial charge in [-0.2, -0.15) is 5.10 Å². The minimum absolute atomic E-state index is 0.291. The third-order valence-electron chi connectivity index (χ3n) is 4.41. The third kappa shape index (κ3) is 3.46. The van der Waals surface area contributed by atoms with Gasteiger partial charge in [0.05, 0.1) is 16.4 Å². The average Bonchev–Trinajstić information content (AvgIpc) is 2.60. The number of halogens is 2. The molecule has 0 N–H and O–H groups in total. The molecule has 0 spiro atoms. The van der Waals surface area contributed by atoms with Crippen molar-refractivity contribution in [2.24, 2.45) is 18.9 Å². The second kappa shape index (κ2) is 6.49. The fourth-order valence-corrected chi connectivity index (χ4v) is 3.91. The molecule has 2 rings (SSSR count). The number of hydrogen-bond acceptors (Lipinski definition) is 1. The van der Waals surface area contributed by atoms with E-state index >= 15 is 0 Å². The summed E-state index contributed by atoms with van der Waals surface area (Å²) in [6.07, 6.45) is 7.24. The van der Waals surface area contributed by atoms with E-state index in [-0.39, 0.29) is 0 Å². The van der Waals surface area contributed by atoms with E-state index in [0.29, 0.717) is 11.3 Å². The number of aromatic nitrogens is 2. The molecular formula is C15H24Cl2N2. The minimum atomic E-state index is 0.291. The van der Waals surface area contributed by atoms with Crippen LogP contribution < -0.4 is 0 Å². The first-order chi connectivity index (χ1) is 9.02. The van der Waals surface area contributed by atoms with Crippen molar-refractivity contribution >= 4 is 23.2 Å². The Morgan fingerprint density at radius 2 is 2.11 bits per heavy atom. The van der Waals surface area contributed by atoms with Gasteiger partial charge in [-0.25, -0.2) is 0 Å². The predicted octanol–water partition coefficient (Wildman–Crippen LogP) is 4.75. The average molecular weight is 303 g/mol. The van der Waals surface area contributed by atoms with E-state index in [4.69, 9.17) is 23.2 Å². The Bertz CT molecular complexity index is 428. The lowest BCUT2D eigenvalue weighted by atomic mass is 9.77. The van der Waals surface area contributed by atoms with Gasteiger partial charge in [0.1, 0.15) is 0 Å². The highest BCUT2D eigenvalue weighted by molar-refractivity contribution is 6.31. The van der Waals surface area contributed by atoms with Crippen LogP contribution in [0.1, 0.15) is 50.4 Å². The fourth-order valence-electron chi connectivity index (χ4n) is 3.36. The molecule has 1 saturated carbocycles. The third-order valence-corrected chi connectivity index (χ3v) is 5.48. The molecule has 1 aliphatic rings. The van der Waals surface area contributed by atoms with Gasteiger partial charge in [-0.05, 0) is 44.4 Å². The van der Waals surface area contributed by atoms with E-state index in [1.54, 1.807) is 0 Å². The molecule has 1 aliphatic carbocycles. The number of alkyl halides is 1. The zero-order valence-corrected chi connectivity index (χ0v) is 13.6.